The minimum absolute atomic E-state index is 0.153. The molecule has 1 amide bonds. The summed E-state index contributed by atoms with van der Waals surface area (Å²) in [7, 11) is 0. The van der Waals surface area contributed by atoms with E-state index in [9.17, 15) is 9.90 Å². The largest absolute Gasteiger partial charge is 0.393 e. The number of nitrogens with zero attached hydrogens (tertiary/aromatic N) is 1. The molecule has 0 unspecified atom stereocenters. The zero-order valence-corrected chi connectivity index (χ0v) is 16.8. The molecule has 0 radical (unpaired) electrons. The van der Waals surface area contributed by atoms with E-state index >= 15 is 0 Å². The fourth-order valence-electron chi connectivity index (χ4n) is 4.56. The Morgan fingerprint density at radius 3 is 2.28 bits per heavy atom. The lowest BCUT2D eigenvalue weighted by atomic mass is 9.74. The van der Waals surface area contributed by atoms with E-state index in [1.54, 1.807) is 12.4 Å². The van der Waals surface area contributed by atoms with E-state index in [4.69, 9.17) is 4.74 Å². The van der Waals surface area contributed by atoms with Gasteiger partial charge in [0.1, 0.15) is 0 Å². The molecule has 5 nitrogen and oxygen atoms in total. The predicted octanol–water partition coefficient (Wildman–Crippen LogP) is 3.51. The van der Waals surface area contributed by atoms with Gasteiger partial charge < -0.3 is 15.2 Å². The fraction of sp³-hybridized carbons (Fsp3) is 0.500. The monoisotopic (exact) mass is 394 g/mol. The highest BCUT2D eigenvalue weighted by atomic mass is 16.5. The molecule has 0 bridgehead atoms. The first-order chi connectivity index (χ1) is 14.1. The average molecular weight is 395 g/mol. The molecule has 4 rings (SSSR count). The Hall–Kier alpha value is -2.24. The first-order valence-electron chi connectivity index (χ1n) is 10.7. The van der Waals surface area contributed by atoms with E-state index in [1.165, 1.54) is 5.56 Å². The van der Waals surface area contributed by atoms with Gasteiger partial charge >= 0.3 is 0 Å². The number of aliphatic hydroxyl groups excluding tert-OH is 1. The van der Waals surface area contributed by atoms with Crippen LogP contribution in [0.2, 0.25) is 0 Å². The third-order valence-electron chi connectivity index (χ3n) is 6.47. The van der Waals surface area contributed by atoms with Gasteiger partial charge in [-0.1, -0.05) is 24.3 Å². The molecule has 5 heteroatoms. The summed E-state index contributed by atoms with van der Waals surface area (Å²) in [6.45, 7) is 1.26. The SMILES string of the molecule is O=C(NC1CCC(O)CC1)C1(Cc2ccc(-c3ccncc3)cc2)CCOCC1. The van der Waals surface area contributed by atoms with Gasteiger partial charge in [-0.25, -0.2) is 0 Å². The Bertz CT molecular complexity index is 793. The number of ether oxygens (including phenoxy) is 1. The van der Waals surface area contributed by atoms with Gasteiger partial charge in [-0.3, -0.25) is 9.78 Å². The minimum Gasteiger partial charge on any atom is -0.393 e. The number of pyridine rings is 1. The molecule has 2 heterocycles. The molecular formula is C24H30N2O3. The minimum atomic E-state index is -0.410. The lowest BCUT2D eigenvalue weighted by Crippen LogP contribution is -2.50. The Labute approximate surface area is 172 Å². The maximum atomic E-state index is 13.3. The second-order valence-electron chi connectivity index (χ2n) is 8.48. The van der Waals surface area contributed by atoms with Crippen molar-refractivity contribution in [3.05, 3.63) is 54.4 Å². The first-order valence-corrected chi connectivity index (χ1v) is 10.7. The van der Waals surface area contributed by atoms with Gasteiger partial charge in [-0.05, 0) is 73.8 Å². The molecule has 1 aliphatic carbocycles. The number of rotatable bonds is 5. The molecular weight excluding hydrogens is 364 g/mol. The molecule has 1 aromatic carbocycles. The summed E-state index contributed by atoms with van der Waals surface area (Å²) in [6.07, 6.45) is 8.90. The number of aliphatic hydroxyl groups is 1. The molecule has 2 aromatic rings. The van der Waals surface area contributed by atoms with Gasteiger partial charge in [0, 0.05) is 31.6 Å². The van der Waals surface area contributed by atoms with Gasteiger partial charge in [-0.15, -0.1) is 0 Å². The highest BCUT2D eigenvalue weighted by molar-refractivity contribution is 5.83. The van der Waals surface area contributed by atoms with Gasteiger partial charge in [0.2, 0.25) is 5.91 Å². The number of carbonyl (C=O) groups excluding carboxylic acids is 1. The molecule has 154 valence electrons. The summed E-state index contributed by atoms with van der Waals surface area (Å²) in [5, 5.41) is 13.0. The van der Waals surface area contributed by atoms with E-state index in [1.807, 2.05) is 12.1 Å². The quantitative estimate of drug-likeness (QED) is 0.814. The first kappa shape index (κ1) is 20.0. The lowest BCUT2D eigenvalue weighted by Gasteiger charge is -2.38. The van der Waals surface area contributed by atoms with E-state index in [2.05, 4.69) is 34.6 Å². The van der Waals surface area contributed by atoms with Crippen LogP contribution in [-0.2, 0) is 16.0 Å². The van der Waals surface area contributed by atoms with Crippen molar-refractivity contribution in [2.24, 2.45) is 5.41 Å². The van der Waals surface area contributed by atoms with E-state index in [0.29, 0.717) is 13.2 Å². The second-order valence-corrected chi connectivity index (χ2v) is 8.48. The number of amides is 1. The number of nitrogens with one attached hydrogen (secondary N) is 1. The second kappa shape index (κ2) is 9.06. The standard InChI is InChI=1S/C24H30N2O3/c27-22-7-5-21(6-8-22)26-23(28)24(11-15-29-16-12-24)17-18-1-3-19(4-2-18)20-9-13-25-14-10-20/h1-4,9-10,13-14,21-22,27H,5-8,11-12,15-17H2,(H,26,28). The molecule has 1 saturated carbocycles. The van der Waals surface area contributed by atoms with Gasteiger partial charge in [-0.2, -0.15) is 0 Å². The van der Waals surface area contributed by atoms with Crippen LogP contribution in [0.15, 0.2) is 48.8 Å². The molecule has 2 aliphatic rings. The Balaban J connectivity index is 1.47. The van der Waals surface area contributed by atoms with Crippen LogP contribution in [0, 0.1) is 5.41 Å². The number of hydrogen-bond acceptors (Lipinski definition) is 4. The molecule has 0 atom stereocenters. The van der Waals surface area contributed by atoms with Crippen LogP contribution in [-0.4, -0.2) is 41.4 Å². The molecule has 2 N–H and O–H groups in total. The van der Waals surface area contributed by atoms with Gasteiger partial charge in [0.15, 0.2) is 0 Å². The van der Waals surface area contributed by atoms with E-state index in [0.717, 1.165) is 56.1 Å². The number of carbonyl (C=O) groups is 1. The van der Waals surface area contributed by atoms with Crippen molar-refractivity contribution in [1.82, 2.24) is 10.3 Å². The van der Waals surface area contributed by atoms with Crippen molar-refractivity contribution in [2.45, 2.75) is 57.1 Å². The maximum absolute atomic E-state index is 13.3. The summed E-state index contributed by atoms with van der Waals surface area (Å²) >= 11 is 0. The molecule has 2 fully saturated rings. The molecule has 1 saturated heterocycles. The zero-order valence-electron chi connectivity index (χ0n) is 16.8. The van der Waals surface area contributed by atoms with Crippen LogP contribution >= 0.6 is 0 Å². The van der Waals surface area contributed by atoms with Crippen LogP contribution in [0.4, 0.5) is 0 Å². The average Bonchev–Trinajstić information content (AvgIpc) is 2.77. The number of benzene rings is 1. The van der Waals surface area contributed by atoms with Crippen LogP contribution in [0.3, 0.4) is 0 Å². The van der Waals surface area contributed by atoms with Crippen molar-refractivity contribution < 1.29 is 14.6 Å². The third-order valence-corrected chi connectivity index (χ3v) is 6.47. The zero-order chi connectivity index (χ0) is 20.1. The Morgan fingerprint density at radius 2 is 1.62 bits per heavy atom. The van der Waals surface area contributed by atoms with Crippen molar-refractivity contribution in [2.75, 3.05) is 13.2 Å². The molecule has 0 spiro atoms. The van der Waals surface area contributed by atoms with Gasteiger partial charge in [0.25, 0.3) is 0 Å². The third kappa shape index (κ3) is 4.85. The summed E-state index contributed by atoms with van der Waals surface area (Å²) in [5.74, 6) is 0.153. The summed E-state index contributed by atoms with van der Waals surface area (Å²) in [6, 6.07) is 12.7. The van der Waals surface area contributed by atoms with Crippen LogP contribution in [0.5, 0.6) is 0 Å². The Kier molecular flexibility index (Phi) is 6.26. The molecule has 29 heavy (non-hydrogen) atoms. The topological polar surface area (TPSA) is 71.5 Å². The van der Waals surface area contributed by atoms with Crippen molar-refractivity contribution in [1.29, 1.82) is 0 Å². The molecule has 1 aromatic heterocycles. The van der Waals surface area contributed by atoms with Crippen molar-refractivity contribution in [3.8, 4) is 11.1 Å². The highest BCUT2D eigenvalue weighted by Gasteiger charge is 2.41. The van der Waals surface area contributed by atoms with E-state index in [-0.39, 0.29) is 18.1 Å². The lowest BCUT2D eigenvalue weighted by molar-refractivity contribution is -0.137. The van der Waals surface area contributed by atoms with Gasteiger partial charge in [0.05, 0.1) is 11.5 Å². The predicted molar refractivity (Wildman–Crippen MR) is 112 cm³/mol. The van der Waals surface area contributed by atoms with Crippen LogP contribution < -0.4 is 5.32 Å². The summed E-state index contributed by atoms with van der Waals surface area (Å²) in [4.78, 5) is 17.4. The van der Waals surface area contributed by atoms with Crippen LogP contribution in [0.1, 0.15) is 44.1 Å². The van der Waals surface area contributed by atoms with Crippen LogP contribution in [0.25, 0.3) is 11.1 Å². The smallest absolute Gasteiger partial charge is 0.226 e. The normalized spacial score (nSPS) is 24.0. The van der Waals surface area contributed by atoms with E-state index < -0.39 is 5.41 Å². The van der Waals surface area contributed by atoms with Crippen molar-refractivity contribution in [3.63, 3.8) is 0 Å². The highest BCUT2D eigenvalue weighted by Crippen LogP contribution is 2.36. The fourth-order valence-corrected chi connectivity index (χ4v) is 4.56. The number of hydrogen-bond donors (Lipinski definition) is 2. The Morgan fingerprint density at radius 1 is 1.00 bits per heavy atom. The maximum Gasteiger partial charge on any atom is 0.226 e. The van der Waals surface area contributed by atoms with Crippen molar-refractivity contribution >= 4 is 5.91 Å². The number of aromatic nitrogens is 1. The summed E-state index contributed by atoms with van der Waals surface area (Å²) in [5.41, 5.74) is 3.07. The molecule has 1 aliphatic heterocycles. The summed E-state index contributed by atoms with van der Waals surface area (Å²) < 4.78 is 5.57.